The van der Waals surface area contributed by atoms with Gasteiger partial charge in [0, 0.05) is 0 Å². The first kappa shape index (κ1) is 22.8. The van der Waals surface area contributed by atoms with Gasteiger partial charge in [0.1, 0.15) is 12.1 Å². The van der Waals surface area contributed by atoms with E-state index in [4.69, 9.17) is 9.84 Å². The lowest BCUT2D eigenvalue weighted by atomic mass is 9.99. The maximum Gasteiger partial charge on any atom is 0.405 e. The molecule has 0 bridgehead atoms. The molecule has 2 N–H and O–H groups in total. The Bertz CT molecular complexity index is 374. The Morgan fingerprint density at radius 3 is 1.96 bits per heavy atom. The van der Waals surface area contributed by atoms with Crippen LogP contribution in [0, 0.1) is 0 Å². The molecule has 26 heavy (non-hydrogen) atoms. The summed E-state index contributed by atoms with van der Waals surface area (Å²) in [6.07, 6.45) is 16.3. The Balaban J connectivity index is 2.50. The number of carboxylic acid groups (broad SMARTS) is 1. The van der Waals surface area contributed by atoms with Crippen molar-refractivity contribution < 1.29 is 19.4 Å². The van der Waals surface area contributed by atoms with E-state index in [1.54, 1.807) is 0 Å². The summed E-state index contributed by atoms with van der Waals surface area (Å²) in [5.41, 5.74) is 0. The standard InChI is InChI=1S/C21H39NO4/c1-2-3-4-14-17-19(22-21(24)25)20(23)26-18-15-12-10-8-6-5-7-9-11-13-16-18/h18-19,22H,2-17H2,1H3,(H,24,25). The zero-order valence-corrected chi connectivity index (χ0v) is 16.6. The van der Waals surface area contributed by atoms with Gasteiger partial charge in [0.15, 0.2) is 0 Å². The summed E-state index contributed by atoms with van der Waals surface area (Å²) in [5.74, 6) is -0.388. The number of rotatable bonds is 8. The molecule has 0 aromatic carbocycles. The lowest BCUT2D eigenvalue weighted by molar-refractivity contribution is -0.152. The van der Waals surface area contributed by atoms with E-state index in [9.17, 15) is 9.59 Å². The van der Waals surface area contributed by atoms with Gasteiger partial charge in [-0.15, -0.1) is 0 Å². The maximum atomic E-state index is 12.5. The van der Waals surface area contributed by atoms with Crippen molar-refractivity contribution in [1.82, 2.24) is 5.32 Å². The Hall–Kier alpha value is -1.26. The molecule has 0 aliphatic heterocycles. The van der Waals surface area contributed by atoms with E-state index in [2.05, 4.69) is 12.2 Å². The first-order valence-corrected chi connectivity index (χ1v) is 10.8. The van der Waals surface area contributed by atoms with Gasteiger partial charge in [0.05, 0.1) is 0 Å². The van der Waals surface area contributed by atoms with Crippen LogP contribution in [0.1, 0.15) is 110 Å². The number of amides is 1. The molecular weight excluding hydrogens is 330 g/mol. The van der Waals surface area contributed by atoms with Crippen LogP contribution in [0.5, 0.6) is 0 Å². The smallest absolute Gasteiger partial charge is 0.405 e. The molecule has 0 aromatic heterocycles. The topological polar surface area (TPSA) is 75.6 Å². The Morgan fingerprint density at radius 1 is 0.923 bits per heavy atom. The Morgan fingerprint density at radius 2 is 1.46 bits per heavy atom. The summed E-state index contributed by atoms with van der Waals surface area (Å²) in [5, 5.41) is 11.4. The molecule has 5 nitrogen and oxygen atoms in total. The van der Waals surface area contributed by atoms with E-state index >= 15 is 0 Å². The van der Waals surface area contributed by atoms with Gasteiger partial charge >= 0.3 is 12.1 Å². The molecule has 0 spiro atoms. The summed E-state index contributed by atoms with van der Waals surface area (Å²) >= 11 is 0. The van der Waals surface area contributed by atoms with Crippen LogP contribution in [0.2, 0.25) is 0 Å². The Kier molecular flexibility index (Phi) is 13.0. The third-order valence-corrected chi connectivity index (χ3v) is 5.26. The number of ether oxygens (including phenoxy) is 1. The minimum absolute atomic E-state index is 0.0596. The largest absolute Gasteiger partial charge is 0.465 e. The van der Waals surface area contributed by atoms with Gasteiger partial charge in [-0.2, -0.15) is 0 Å². The molecule has 1 aliphatic carbocycles. The lowest BCUT2D eigenvalue weighted by Gasteiger charge is -2.22. The fraction of sp³-hybridized carbons (Fsp3) is 0.905. The molecule has 1 amide bonds. The molecule has 1 saturated carbocycles. The van der Waals surface area contributed by atoms with Crippen LogP contribution < -0.4 is 5.32 Å². The van der Waals surface area contributed by atoms with Crippen molar-refractivity contribution in [3.63, 3.8) is 0 Å². The van der Waals surface area contributed by atoms with E-state index < -0.39 is 12.1 Å². The van der Waals surface area contributed by atoms with Crippen LogP contribution in [0.15, 0.2) is 0 Å². The highest BCUT2D eigenvalue weighted by molar-refractivity contribution is 5.80. The maximum absolute atomic E-state index is 12.5. The second-order valence-corrected chi connectivity index (χ2v) is 7.67. The third kappa shape index (κ3) is 11.4. The van der Waals surface area contributed by atoms with Crippen LogP contribution in [0.4, 0.5) is 4.79 Å². The minimum Gasteiger partial charge on any atom is -0.465 e. The molecule has 0 saturated heterocycles. The van der Waals surface area contributed by atoms with Crippen molar-refractivity contribution in [2.45, 2.75) is 122 Å². The molecule has 0 radical (unpaired) electrons. The first-order valence-electron chi connectivity index (χ1n) is 10.8. The number of carbonyl (C=O) groups excluding carboxylic acids is 1. The predicted molar refractivity (Wildman–Crippen MR) is 104 cm³/mol. The lowest BCUT2D eigenvalue weighted by Crippen LogP contribution is -2.42. The molecule has 1 unspecified atom stereocenters. The van der Waals surface area contributed by atoms with E-state index in [0.29, 0.717) is 6.42 Å². The van der Waals surface area contributed by atoms with Gasteiger partial charge in [-0.05, 0) is 32.1 Å². The van der Waals surface area contributed by atoms with Gasteiger partial charge in [0.25, 0.3) is 0 Å². The van der Waals surface area contributed by atoms with Gasteiger partial charge in [-0.25, -0.2) is 9.59 Å². The average Bonchev–Trinajstić information content (AvgIpc) is 2.59. The second-order valence-electron chi connectivity index (χ2n) is 7.67. The molecule has 152 valence electrons. The van der Waals surface area contributed by atoms with Crippen LogP contribution in [0.3, 0.4) is 0 Å². The van der Waals surface area contributed by atoms with Crippen LogP contribution in [-0.4, -0.2) is 29.3 Å². The highest BCUT2D eigenvalue weighted by Gasteiger charge is 2.24. The zero-order valence-electron chi connectivity index (χ0n) is 16.6. The second kappa shape index (κ2) is 14.9. The van der Waals surface area contributed by atoms with Crippen molar-refractivity contribution in [2.24, 2.45) is 0 Å². The van der Waals surface area contributed by atoms with Gasteiger partial charge < -0.3 is 15.2 Å². The molecule has 1 atom stereocenters. The van der Waals surface area contributed by atoms with Gasteiger partial charge in [-0.1, -0.05) is 77.6 Å². The van der Waals surface area contributed by atoms with Crippen LogP contribution in [0.25, 0.3) is 0 Å². The third-order valence-electron chi connectivity index (χ3n) is 5.26. The average molecular weight is 370 g/mol. The Labute approximate surface area is 159 Å². The molecular formula is C21H39NO4. The minimum atomic E-state index is -1.15. The summed E-state index contributed by atoms with van der Waals surface area (Å²) < 4.78 is 5.75. The van der Waals surface area contributed by atoms with E-state index in [1.807, 2.05) is 0 Å². The summed E-state index contributed by atoms with van der Waals surface area (Å²) in [6, 6.07) is -0.731. The van der Waals surface area contributed by atoms with E-state index in [1.165, 1.54) is 44.9 Å². The fourth-order valence-electron chi connectivity index (χ4n) is 3.66. The number of hydrogen-bond donors (Lipinski definition) is 2. The van der Waals surface area contributed by atoms with Crippen molar-refractivity contribution in [3.05, 3.63) is 0 Å². The summed E-state index contributed by atoms with van der Waals surface area (Å²) in [4.78, 5) is 23.6. The number of unbranched alkanes of at least 4 members (excludes halogenated alkanes) is 3. The molecule has 0 aromatic rings. The van der Waals surface area contributed by atoms with Gasteiger partial charge in [-0.3, -0.25) is 0 Å². The highest BCUT2D eigenvalue weighted by Crippen LogP contribution is 2.20. The molecule has 1 rings (SSSR count). The molecule has 5 heteroatoms. The normalized spacial score (nSPS) is 19.0. The predicted octanol–water partition coefficient (Wildman–Crippen LogP) is 5.81. The van der Waals surface area contributed by atoms with Crippen molar-refractivity contribution in [2.75, 3.05) is 0 Å². The number of esters is 1. The SMILES string of the molecule is CCCCCCC(NC(=O)O)C(=O)OC1CCCCCCCCCCC1. The van der Waals surface area contributed by atoms with Crippen LogP contribution in [-0.2, 0) is 9.53 Å². The number of carbonyl (C=O) groups is 2. The monoisotopic (exact) mass is 369 g/mol. The van der Waals surface area contributed by atoms with E-state index in [0.717, 1.165) is 51.4 Å². The number of hydrogen-bond acceptors (Lipinski definition) is 3. The van der Waals surface area contributed by atoms with Gasteiger partial charge in [0.2, 0.25) is 0 Å². The van der Waals surface area contributed by atoms with Crippen molar-refractivity contribution in [1.29, 1.82) is 0 Å². The van der Waals surface area contributed by atoms with Crippen molar-refractivity contribution in [3.8, 4) is 0 Å². The number of nitrogens with one attached hydrogen (secondary N) is 1. The molecule has 0 heterocycles. The molecule has 1 aliphatic rings. The molecule has 1 fully saturated rings. The quantitative estimate of drug-likeness (QED) is 0.418. The summed E-state index contributed by atoms with van der Waals surface area (Å²) in [7, 11) is 0. The van der Waals surface area contributed by atoms with Crippen LogP contribution >= 0.6 is 0 Å². The zero-order chi connectivity index (χ0) is 19.0. The summed E-state index contributed by atoms with van der Waals surface area (Å²) in [6.45, 7) is 2.13. The fourth-order valence-corrected chi connectivity index (χ4v) is 3.66. The van der Waals surface area contributed by atoms with Crippen molar-refractivity contribution >= 4 is 12.1 Å². The first-order chi connectivity index (χ1) is 12.6. The highest BCUT2D eigenvalue weighted by atomic mass is 16.5. The van der Waals surface area contributed by atoms with E-state index in [-0.39, 0.29) is 12.1 Å².